The van der Waals surface area contributed by atoms with Crippen molar-refractivity contribution in [2.75, 3.05) is 6.54 Å². The molecule has 0 unspecified atom stereocenters. The molecule has 0 aliphatic heterocycles. The van der Waals surface area contributed by atoms with E-state index in [-0.39, 0.29) is 5.56 Å². The van der Waals surface area contributed by atoms with Crippen LogP contribution >= 0.6 is 11.6 Å². The minimum atomic E-state index is -0.0855. The van der Waals surface area contributed by atoms with Crippen molar-refractivity contribution in [2.24, 2.45) is 5.73 Å². The number of rotatable bonds is 4. The van der Waals surface area contributed by atoms with Crippen molar-refractivity contribution in [3.8, 4) is 0 Å². The van der Waals surface area contributed by atoms with Crippen molar-refractivity contribution in [3.05, 3.63) is 39.9 Å². The summed E-state index contributed by atoms with van der Waals surface area (Å²) in [4.78, 5) is 16.4. The minimum Gasteiger partial charge on any atom is -0.330 e. The standard InChI is InChI=1S/C12H14ClN3O/c13-9-4-3-5-10-11(9)12(17)16(8-15-10)7-2-1-6-14/h3-5,8H,1-2,6-7,14H2. The molecular formula is C12H14ClN3O. The van der Waals surface area contributed by atoms with Crippen LogP contribution in [0, 0.1) is 0 Å². The molecule has 1 heterocycles. The molecule has 0 saturated carbocycles. The fourth-order valence-corrected chi connectivity index (χ4v) is 2.00. The Morgan fingerprint density at radius 2 is 2.18 bits per heavy atom. The van der Waals surface area contributed by atoms with E-state index in [1.807, 2.05) is 0 Å². The van der Waals surface area contributed by atoms with Crippen LogP contribution < -0.4 is 11.3 Å². The molecular weight excluding hydrogens is 238 g/mol. The van der Waals surface area contributed by atoms with Crippen molar-refractivity contribution < 1.29 is 0 Å². The number of aromatic nitrogens is 2. The molecule has 0 bridgehead atoms. The van der Waals surface area contributed by atoms with Crippen LogP contribution in [0.5, 0.6) is 0 Å². The van der Waals surface area contributed by atoms with Crippen molar-refractivity contribution in [3.63, 3.8) is 0 Å². The molecule has 5 heteroatoms. The molecule has 0 aliphatic rings. The van der Waals surface area contributed by atoms with Crippen LogP contribution in [0.15, 0.2) is 29.3 Å². The number of nitrogens with zero attached hydrogens (tertiary/aromatic N) is 2. The van der Waals surface area contributed by atoms with Gasteiger partial charge in [0, 0.05) is 6.54 Å². The second-order valence-corrected chi connectivity index (χ2v) is 4.28. The Morgan fingerprint density at radius 1 is 1.35 bits per heavy atom. The number of nitrogens with two attached hydrogens (primary N) is 1. The molecule has 0 radical (unpaired) electrons. The number of hydrogen-bond acceptors (Lipinski definition) is 3. The lowest BCUT2D eigenvalue weighted by molar-refractivity contribution is 0.594. The van der Waals surface area contributed by atoms with Crippen molar-refractivity contribution in [1.82, 2.24) is 9.55 Å². The number of hydrogen-bond donors (Lipinski definition) is 1. The van der Waals surface area contributed by atoms with Gasteiger partial charge < -0.3 is 5.73 Å². The first-order valence-electron chi connectivity index (χ1n) is 5.58. The third-order valence-electron chi connectivity index (χ3n) is 2.66. The molecule has 4 nitrogen and oxygen atoms in total. The van der Waals surface area contributed by atoms with Gasteiger partial charge in [0.25, 0.3) is 5.56 Å². The number of fused-ring (bicyclic) bond motifs is 1. The van der Waals surface area contributed by atoms with Crippen molar-refractivity contribution in [1.29, 1.82) is 0 Å². The molecule has 0 saturated heterocycles. The molecule has 90 valence electrons. The van der Waals surface area contributed by atoms with E-state index in [0.717, 1.165) is 12.8 Å². The van der Waals surface area contributed by atoms with Crippen LogP contribution in [0.2, 0.25) is 5.02 Å². The summed E-state index contributed by atoms with van der Waals surface area (Å²) in [6.45, 7) is 1.26. The Balaban J connectivity index is 2.43. The average Bonchev–Trinajstić information content (AvgIpc) is 2.32. The molecule has 0 spiro atoms. The summed E-state index contributed by atoms with van der Waals surface area (Å²) in [7, 11) is 0. The first-order chi connectivity index (χ1) is 8.24. The molecule has 0 aliphatic carbocycles. The van der Waals surface area contributed by atoms with E-state index in [1.54, 1.807) is 29.1 Å². The highest BCUT2D eigenvalue weighted by Crippen LogP contribution is 2.17. The van der Waals surface area contributed by atoms with Gasteiger partial charge in [-0.15, -0.1) is 0 Å². The van der Waals surface area contributed by atoms with Gasteiger partial charge in [-0.3, -0.25) is 9.36 Å². The summed E-state index contributed by atoms with van der Waals surface area (Å²) < 4.78 is 1.59. The zero-order valence-electron chi connectivity index (χ0n) is 9.40. The number of halogens is 1. The Bertz CT molecular complexity index is 579. The van der Waals surface area contributed by atoms with Gasteiger partial charge in [0.1, 0.15) is 0 Å². The summed E-state index contributed by atoms with van der Waals surface area (Å²) in [5.41, 5.74) is 5.97. The molecule has 1 aromatic carbocycles. The molecule has 0 atom stereocenters. The fourth-order valence-electron chi connectivity index (χ4n) is 1.75. The Kier molecular flexibility index (Phi) is 3.76. The van der Waals surface area contributed by atoms with Gasteiger partial charge >= 0.3 is 0 Å². The minimum absolute atomic E-state index is 0.0855. The topological polar surface area (TPSA) is 60.9 Å². The Morgan fingerprint density at radius 3 is 2.94 bits per heavy atom. The molecule has 0 amide bonds. The molecule has 0 fully saturated rings. The van der Waals surface area contributed by atoms with Crippen molar-refractivity contribution >= 4 is 22.5 Å². The lowest BCUT2D eigenvalue weighted by Gasteiger charge is -2.06. The monoisotopic (exact) mass is 251 g/mol. The number of aryl methyl sites for hydroxylation is 1. The average molecular weight is 252 g/mol. The highest BCUT2D eigenvalue weighted by atomic mass is 35.5. The first-order valence-corrected chi connectivity index (χ1v) is 5.95. The highest BCUT2D eigenvalue weighted by molar-refractivity contribution is 6.35. The second kappa shape index (κ2) is 5.29. The maximum absolute atomic E-state index is 12.2. The number of benzene rings is 1. The molecule has 2 N–H and O–H groups in total. The third kappa shape index (κ3) is 2.48. The van der Waals surface area contributed by atoms with E-state index in [2.05, 4.69) is 4.98 Å². The van der Waals surface area contributed by atoms with Gasteiger partial charge in [0.2, 0.25) is 0 Å². The van der Waals surface area contributed by atoms with Gasteiger partial charge in [0.15, 0.2) is 0 Å². The lowest BCUT2D eigenvalue weighted by Crippen LogP contribution is -2.21. The van der Waals surface area contributed by atoms with E-state index in [9.17, 15) is 4.79 Å². The third-order valence-corrected chi connectivity index (χ3v) is 2.97. The maximum atomic E-state index is 12.2. The Labute approximate surface area is 104 Å². The maximum Gasteiger partial charge on any atom is 0.262 e. The summed E-state index contributed by atoms with van der Waals surface area (Å²) in [5, 5.41) is 0.942. The fraction of sp³-hybridized carbons (Fsp3) is 0.333. The van der Waals surface area contributed by atoms with E-state index in [0.29, 0.717) is 29.0 Å². The summed E-state index contributed by atoms with van der Waals surface area (Å²) in [6.07, 6.45) is 3.33. The van der Waals surface area contributed by atoms with Gasteiger partial charge in [-0.25, -0.2) is 4.98 Å². The van der Waals surface area contributed by atoms with Crippen LogP contribution in [-0.4, -0.2) is 16.1 Å². The summed E-state index contributed by atoms with van der Waals surface area (Å²) in [6, 6.07) is 5.28. The van der Waals surface area contributed by atoms with E-state index < -0.39 is 0 Å². The zero-order valence-corrected chi connectivity index (χ0v) is 10.2. The predicted molar refractivity (Wildman–Crippen MR) is 69.3 cm³/mol. The molecule has 2 rings (SSSR count). The summed E-state index contributed by atoms with van der Waals surface area (Å²) >= 11 is 6.02. The molecule has 1 aromatic heterocycles. The quantitative estimate of drug-likeness (QED) is 0.843. The normalized spacial score (nSPS) is 10.9. The zero-order chi connectivity index (χ0) is 12.3. The van der Waals surface area contributed by atoms with Gasteiger partial charge in [-0.1, -0.05) is 17.7 Å². The Hall–Kier alpha value is -1.39. The van der Waals surface area contributed by atoms with Crippen LogP contribution in [0.25, 0.3) is 10.9 Å². The van der Waals surface area contributed by atoms with Crippen LogP contribution in [0.1, 0.15) is 12.8 Å². The van der Waals surface area contributed by atoms with Crippen molar-refractivity contribution in [2.45, 2.75) is 19.4 Å². The van der Waals surface area contributed by atoms with Crippen LogP contribution in [0.4, 0.5) is 0 Å². The number of unbranched alkanes of at least 4 members (excludes halogenated alkanes) is 1. The molecule has 17 heavy (non-hydrogen) atoms. The van der Waals surface area contributed by atoms with E-state index in [4.69, 9.17) is 17.3 Å². The smallest absolute Gasteiger partial charge is 0.262 e. The predicted octanol–water partition coefficient (Wildman–Crippen LogP) is 1.79. The summed E-state index contributed by atoms with van der Waals surface area (Å²) in [5.74, 6) is 0. The van der Waals surface area contributed by atoms with E-state index >= 15 is 0 Å². The first kappa shape index (κ1) is 12.1. The second-order valence-electron chi connectivity index (χ2n) is 3.87. The van der Waals surface area contributed by atoms with Gasteiger partial charge in [0.05, 0.1) is 22.3 Å². The van der Waals surface area contributed by atoms with Gasteiger partial charge in [-0.05, 0) is 31.5 Å². The highest BCUT2D eigenvalue weighted by Gasteiger charge is 2.06. The van der Waals surface area contributed by atoms with Crippen LogP contribution in [0.3, 0.4) is 0 Å². The van der Waals surface area contributed by atoms with Gasteiger partial charge in [-0.2, -0.15) is 0 Å². The molecule has 2 aromatic rings. The SMILES string of the molecule is NCCCCn1cnc2cccc(Cl)c2c1=O. The van der Waals surface area contributed by atoms with Crippen LogP contribution in [-0.2, 0) is 6.54 Å². The lowest BCUT2D eigenvalue weighted by atomic mass is 10.2. The van der Waals surface area contributed by atoms with E-state index in [1.165, 1.54) is 0 Å². The largest absolute Gasteiger partial charge is 0.330 e.